The van der Waals surface area contributed by atoms with Gasteiger partial charge in [0.25, 0.3) is 5.91 Å². The van der Waals surface area contributed by atoms with Gasteiger partial charge in [-0.15, -0.1) is 11.3 Å². The van der Waals surface area contributed by atoms with Crippen LogP contribution >= 0.6 is 11.3 Å². The topological polar surface area (TPSA) is 46.3 Å². The van der Waals surface area contributed by atoms with Gasteiger partial charge in [0.05, 0.1) is 6.54 Å². The maximum atomic E-state index is 12.6. The number of amides is 1. The normalized spacial score (nSPS) is 14.3. The van der Waals surface area contributed by atoms with Gasteiger partial charge in [-0.3, -0.25) is 4.79 Å². The van der Waals surface area contributed by atoms with E-state index in [0.717, 1.165) is 12.8 Å². The molecule has 19 heavy (non-hydrogen) atoms. The molecule has 1 heterocycles. The first kappa shape index (κ1) is 12.2. The Bertz CT molecular complexity index is 576. The second kappa shape index (κ2) is 5.05. The molecule has 0 saturated heterocycles. The second-order valence-corrected chi connectivity index (χ2v) is 5.90. The number of benzene rings is 1. The van der Waals surface area contributed by atoms with Gasteiger partial charge in [0, 0.05) is 22.2 Å². The van der Waals surface area contributed by atoms with Crippen LogP contribution in [0.3, 0.4) is 0 Å². The molecule has 0 aliphatic heterocycles. The van der Waals surface area contributed by atoms with Crippen molar-refractivity contribution in [3.63, 3.8) is 0 Å². The number of nitrogen functional groups attached to an aromatic ring is 1. The minimum absolute atomic E-state index is 0.0863. The molecule has 1 aliphatic rings. The summed E-state index contributed by atoms with van der Waals surface area (Å²) in [5.74, 6) is 0.0863. The zero-order valence-corrected chi connectivity index (χ0v) is 11.4. The van der Waals surface area contributed by atoms with Gasteiger partial charge in [-0.2, -0.15) is 0 Å². The van der Waals surface area contributed by atoms with E-state index in [1.807, 2.05) is 28.5 Å². The number of anilines is 1. The number of nitrogens with two attached hydrogens (primary N) is 1. The Balaban J connectivity index is 1.82. The maximum absolute atomic E-state index is 12.6. The molecule has 1 aliphatic carbocycles. The van der Waals surface area contributed by atoms with Crippen molar-refractivity contribution in [1.29, 1.82) is 0 Å². The van der Waals surface area contributed by atoms with E-state index in [1.165, 1.54) is 4.88 Å². The van der Waals surface area contributed by atoms with Gasteiger partial charge >= 0.3 is 0 Å². The summed E-state index contributed by atoms with van der Waals surface area (Å²) < 4.78 is 0. The quantitative estimate of drug-likeness (QED) is 0.869. The molecule has 0 spiro atoms. The lowest BCUT2D eigenvalue weighted by Crippen LogP contribution is -2.32. The Morgan fingerprint density at radius 3 is 2.79 bits per heavy atom. The first-order valence-electron chi connectivity index (χ1n) is 6.43. The van der Waals surface area contributed by atoms with Crippen LogP contribution in [0.15, 0.2) is 41.8 Å². The number of carbonyl (C=O) groups is 1. The molecule has 3 nitrogen and oxygen atoms in total. The summed E-state index contributed by atoms with van der Waals surface area (Å²) in [6, 6.07) is 11.7. The summed E-state index contributed by atoms with van der Waals surface area (Å²) in [6.45, 7) is 0.704. The largest absolute Gasteiger partial charge is 0.399 e. The van der Waals surface area contributed by atoms with E-state index in [2.05, 4.69) is 6.07 Å². The van der Waals surface area contributed by atoms with Gasteiger partial charge in [0.15, 0.2) is 0 Å². The molecule has 1 amide bonds. The number of nitrogens with zero attached hydrogens (tertiary/aromatic N) is 1. The predicted octanol–water partition coefficient (Wildman–Crippen LogP) is 3.14. The standard InChI is InChI=1S/C15H16N2OS/c16-12-4-1-3-11(9-12)15(18)17(13-6-7-13)10-14-5-2-8-19-14/h1-5,8-9,13H,6-7,10,16H2. The molecule has 0 unspecified atom stereocenters. The summed E-state index contributed by atoms with van der Waals surface area (Å²) in [4.78, 5) is 15.8. The highest BCUT2D eigenvalue weighted by atomic mass is 32.1. The number of carbonyl (C=O) groups excluding carboxylic acids is 1. The molecular weight excluding hydrogens is 256 g/mol. The van der Waals surface area contributed by atoms with Crippen molar-refractivity contribution in [3.05, 3.63) is 52.2 Å². The molecule has 1 aromatic heterocycles. The molecule has 3 rings (SSSR count). The van der Waals surface area contributed by atoms with Crippen molar-refractivity contribution >= 4 is 22.9 Å². The third-order valence-corrected chi connectivity index (χ3v) is 4.15. The summed E-state index contributed by atoms with van der Waals surface area (Å²) in [5, 5.41) is 2.05. The highest BCUT2D eigenvalue weighted by molar-refractivity contribution is 7.09. The third-order valence-electron chi connectivity index (χ3n) is 3.29. The summed E-state index contributed by atoms with van der Waals surface area (Å²) in [5.41, 5.74) is 7.08. The average Bonchev–Trinajstić information content (AvgIpc) is 3.12. The fourth-order valence-corrected chi connectivity index (χ4v) is 2.86. The zero-order valence-electron chi connectivity index (χ0n) is 10.6. The second-order valence-electron chi connectivity index (χ2n) is 4.87. The van der Waals surface area contributed by atoms with Gasteiger partial charge in [0.1, 0.15) is 0 Å². The van der Waals surface area contributed by atoms with E-state index >= 15 is 0 Å². The first-order chi connectivity index (χ1) is 9.24. The third kappa shape index (κ3) is 2.79. The first-order valence-corrected chi connectivity index (χ1v) is 7.31. The highest BCUT2D eigenvalue weighted by Gasteiger charge is 2.33. The van der Waals surface area contributed by atoms with Crippen LogP contribution in [0.4, 0.5) is 5.69 Å². The van der Waals surface area contributed by atoms with E-state index < -0.39 is 0 Å². The number of hydrogen-bond donors (Lipinski definition) is 1. The lowest BCUT2D eigenvalue weighted by atomic mass is 10.1. The fraction of sp³-hybridized carbons (Fsp3) is 0.267. The summed E-state index contributed by atoms with van der Waals surface area (Å²) in [7, 11) is 0. The number of thiophene rings is 1. The molecule has 0 atom stereocenters. The number of hydrogen-bond acceptors (Lipinski definition) is 3. The number of rotatable bonds is 4. The zero-order chi connectivity index (χ0) is 13.2. The fourth-order valence-electron chi connectivity index (χ4n) is 2.16. The van der Waals surface area contributed by atoms with Crippen LogP contribution in [-0.2, 0) is 6.54 Å². The maximum Gasteiger partial charge on any atom is 0.254 e. The van der Waals surface area contributed by atoms with Crippen molar-refractivity contribution < 1.29 is 4.79 Å². The Kier molecular flexibility index (Phi) is 3.25. The van der Waals surface area contributed by atoms with Crippen molar-refractivity contribution in [2.45, 2.75) is 25.4 Å². The van der Waals surface area contributed by atoms with Crippen LogP contribution < -0.4 is 5.73 Å². The molecule has 4 heteroatoms. The summed E-state index contributed by atoms with van der Waals surface area (Å²) >= 11 is 1.69. The van der Waals surface area contributed by atoms with E-state index in [9.17, 15) is 4.79 Å². The van der Waals surface area contributed by atoms with Crippen molar-refractivity contribution in [1.82, 2.24) is 4.90 Å². The van der Waals surface area contributed by atoms with Gasteiger partial charge in [-0.1, -0.05) is 12.1 Å². The van der Waals surface area contributed by atoms with Crippen LogP contribution in [0.25, 0.3) is 0 Å². The van der Waals surface area contributed by atoms with Gasteiger partial charge in [-0.05, 0) is 42.5 Å². The minimum Gasteiger partial charge on any atom is -0.399 e. The molecule has 2 aromatic rings. The van der Waals surface area contributed by atoms with Crippen LogP contribution in [0.5, 0.6) is 0 Å². The molecule has 0 radical (unpaired) electrons. The van der Waals surface area contributed by atoms with E-state index in [-0.39, 0.29) is 5.91 Å². The lowest BCUT2D eigenvalue weighted by molar-refractivity contribution is 0.0732. The van der Waals surface area contributed by atoms with Crippen molar-refractivity contribution in [3.8, 4) is 0 Å². The van der Waals surface area contributed by atoms with Crippen LogP contribution in [0, 0.1) is 0 Å². The Labute approximate surface area is 116 Å². The smallest absolute Gasteiger partial charge is 0.254 e. The van der Waals surface area contributed by atoms with Gasteiger partial charge in [0.2, 0.25) is 0 Å². The average molecular weight is 272 g/mol. The summed E-state index contributed by atoms with van der Waals surface area (Å²) in [6.07, 6.45) is 2.22. The van der Waals surface area contributed by atoms with Gasteiger partial charge < -0.3 is 10.6 Å². The lowest BCUT2D eigenvalue weighted by Gasteiger charge is -2.22. The highest BCUT2D eigenvalue weighted by Crippen LogP contribution is 2.30. The van der Waals surface area contributed by atoms with Crippen molar-refractivity contribution in [2.24, 2.45) is 0 Å². The van der Waals surface area contributed by atoms with Crippen molar-refractivity contribution in [2.75, 3.05) is 5.73 Å². The molecule has 1 aromatic carbocycles. The molecule has 1 saturated carbocycles. The Morgan fingerprint density at radius 2 is 2.16 bits per heavy atom. The minimum atomic E-state index is 0.0863. The molecule has 2 N–H and O–H groups in total. The Hall–Kier alpha value is -1.81. The van der Waals surface area contributed by atoms with E-state index in [4.69, 9.17) is 5.73 Å². The Morgan fingerprint density at radius 1 is 1.32 bits per heavy atom. The van der Waals surface area contributed by atoms with E-state index in [0.29, 0.717) is 23.8 Å². The van der Waals surface area contributed by atoms with Crippen LogP contribution in [-0.4, -0.2) is 16.8 Å². The molecule has 1 fully saturated rings. The molecule has 0 bridgehead atoms. The predicted molar refractivity (Wildman–Crippen MR) is 78.1 cm³/mol. The monoisotopic (exact) mass is 272 g/mol. The van der Waals surface area contributed by atoms with Crippen LogP contribution in [0.1, 0.15) is 28.1 Å². The SMILES string of the molecule is Nc1cccc(C(=O)N(Cc2cccs2)C2CC2)c1. The van der Waals surface area contributed by atoms with Crippen LogP contribution in [0.2, 0.25) is 0 Å². The van der Waals surface area contributed by atoms with E-state index in [1.54, 1.807) is 23.5 Å². The van der Waals surface area contributed by atoms with Gasteiger partial charge in [-0.25, -0.2) is 0 Å². The molecular formula is C15H16N2OS. The molecule has 98 valence electrons.